The number of aliphatic carboxylic acids is 1. The summed E-state index contributed by atoms with van der Waals surface area (Å²) >= 11 is 0. The Balaban J connectivity index is 2.19. The van der Waals surface area contributed by atoms with Crippen molar-refractivity contribution in [3.63, 3.8) is 0 Å². The van der Waals surface area contributed by atoms with Gasteiger partial charge in [-0.3, -0.25) is 9.59 Å². The van der Waals surface area contributed by atoms with Crippen LogP contribution in [0.25, 0.3) is 0 Å². The Morgan fingerprint density at radius 1 is 1.12 bits per heavy atom. The normalized spacial score (nSPS) is 24.2. The number of carboxylic acid groups (broad SMARTS) is 1. The maximum absolute atomic E-state index is 12.1. The SMILES string of the molecule is O=C(O)[C@@H]1CNC[C@H]1C(=O)c1ccccc1. The molecule has 0 saturated carbocycles. The van der Waals surface area contributed by atoms with Crippen molar-refractivity contribution in [2.75, 3.05) is 13.1 Å². The zero-order chi connectivity index (χ0) is 11.5. The summed E-state index contributed by atoms with van der Waals surface area (Å²) in [5, 5.41) is 11.9. The van der Waals surface area contributed by atoms with Crippen molar-refractivity contribution < 1.29 is 14.7 Å². The molecule has 1 fully saturated rings. The predicted molar refractivity (Wildman–Crippen MR) is 58.3 cm³/mol. The van der Waals surface area contributed by atoms with Gasteiger partial charge in [-0.15, -0.1) is 0 Å². The first-order valence-corrected chi connectivity index (χ1v) is 5.23. The van der Waals surface area contributed by atoms with Gasteiger partial charge in [-0.05, 0) is 0 Å². The molecule has 4 nitrogen and oxygen atoms in total. The molecule has 1 aromatic carbocycles. The zero-order valence-corrected chi connectivity index (χ0v) is 8.72. The molecule has 1 aliphatic heterocycles. The van der Waals surface area contributed by atoms with Gasteiger partial charge in [0.1, 0.15) is 0 Å². The summed E-state index contributed by atoms with van der Waals surface area (Å²) < 4.78 is 0. The Hall–Kier alpha value is -1.68. The van der Waals surface area contributed by atoms with Crippen LogP contribution in [0.15, 0.2) is 30.3 Å². The number of nitrogens with one attached hydrogen (secondary N) is 1. The van der Waals surface area contributed by atoms with Crippen molar-refractivity contribution >= 4 is 11.8 Å². The third-order valence-corrected chi connectivity index (χ3v) is 2.93. The quantitative estimate of drug-likeness (QED) is 0.737. The molecule has 1 aromatic rings. The topological polar surface area (TPSA) is 66.4 Å². The molecule has 1 heterocycles. The largest absolute Gasteiger partial charge is 0.481 e. The van der Waals surface area contributed by atoms with E-state index in [-0.39, 0.29) is 5.78 Å². The van der Waals surface area contributed by atoms with Crippen LogP contribution in [0.4, 0.5) is 0 Å². The summed E-state index contributed by atoms with van der Waals surface area (Å²) in [5.74, 6) is -2.04. The van der Waals surface area contributed by atoms with Crippen LogP contribution < -0.4 is 5.32 Å². The van der Waals surface area contributed by atoms with Crippen molar-refractivity contribution in [3.05, 3.63) is 35.9 Å². The van der Waals surface area contributed by atoms with Gasteiger partial charge in [0.2, 0.25) is 0 Å². The fraction of sp³-hybridized carbons (Fsp3) is 0.333. The predicted octanol–water partition coefficient (Wildman–Crippen LogP) is 0.789. The van der Waals surface area contributed by atoms with Gasteiger partial charge in [-0.1, -0.05) is 30.3 Å². The first-order valence-electron chi connectivity index (χ1n) is 5.23. The number of ketones is 1. The lowest BCUT2D eigenvalue weighted by Gasteiger charge is -2.13. The molecule has 1 saturated heterocycles. The molecular weight excluding hydrogens is 206 g/mol. The summed E-state index contributed by atoms with van der Waals surface area (Å²) in [7, 11) is 0. The number of hydrogen-bond acceptors (Lipinski definition) is 3. The Morgan fingerprint density at radius 2 is 1.75 bits per heavy atom. The van der Waals surface area contributed by atoms with Crippen molar-refractivity contribution in [2.24, 2.45) is 11.8 Å². The zero-order valence-electron chi connectivity index (χ0n) is 8.72. The molecule has 2 atom stereocenters. The lowest BCUT2D eigenvalue weighted by atomic mass is 9.88. The maximum Gasteiger partial charge on any atom is 0.308 e. The van der Waals surface area contributed by atoms with Gasteiger partial charge in [-0.25, -0.2) is 0 Å². The second-order valence-corrected chi connectivity index (χ2v) is 3.94. The fourth-order valence-corrected chi connectivity index (χ4v) is 2.03. The van der Waals surface area contributed by atoms with E-state index < -0.39 is 17.8 Å². The Bertz CT molecular complexity index is 402. The van der Waals surface area contributed by atoms with E-state index in [4.69, 9.17) is 5.11 Å². The van der Waals surface area contributed by atoms with Gasteiger partial charge in [0.25, 0.3) is 0 Å². The minimum atomic E-state index is -0.903. The minimum absolute atomic E-state index is 0.0852. The van der Waals surface area contributed by atoms with Crippen molar-refractivity contribution in [2.45, 2.75) is 0 Å². The highest BCUT2D eigenvalue weighted by molar-refractivity contribution is 6.00. The monoisotopic (exact) mass is 219 g/mol. The van der Waals surface area contributed by atoms with Gasteiger partial charge in [0, 0.05) is 24.6 Å². The highest BCUT2D eigenvalue weighted by Gasteiger charge is 2.37. The van der Waals surface area contributed by atoms with E-state index >= 15 is 0 Å². The summed E-state index contributed by atoms with van der Waals surface area (Å²) in [6, 6.07) is 8.84. The molecular formula is C12H13NO3. The smallest absolute Gasteiger partial charge is 0.308 e. The van der Waals surface area contributed by atoms with Crippen molar-refractivity contribution in [1.29, 1.82) is 0 Å². The van der Waals surface area contributed by atoms with Crippen LogP contribution in [0.2, 0.25) is 0 Å². The number of hydrogen-bond donors (Lipinski definition) is 2. The summed E-state index contributed by atoms with van der Waals surface area (Å²) in [5.41, 5.74) is 0.586. The summed E-state index contributed by atoms with van der Waals surface area (Å²) in [6.45, 7) is 0.823. The molecule has 0 unspecified atom stereocenters. The molecule has 4 heteroatoms. The summed E-state index contributed by atoms with van der Waals surface area (Å²) in [6.07, 6.45) is 0. The van der Waals surface area contributed by atoms with Crippen LogP contribution in [-0.2, 0) is 4.79 Å². The lowest BCUT2D eigenvalue weighted by molar-refractivity contribution is -0.141. The van der Waals surface area contributed by atoms with E-state index in [9.17, 15) is 9.59 Å². The number of Topliss-reactive ketones (excluding diaryl/α,β-unsaturated/α-hetero) is 1. The van der Waals surface area contributed by atoms with Crippen LogP contribution in [0, 0.1) is 11.8 Å². The molecule has 0 radical (unpaired) electrons. The first kappa shape index (κ1) is 10.8. The van der Waals surface area contributed by atoms with Gasteiger partial charge in [-0.2, -0.15) is 0 Å². The molecule has 0 bridgehead atoms. The average molecular weight is 219 g/mol. The van der Waals surface area contributed by atoms with E-state index in [0.717, 1.165) is 0 Å². The summed E-state index contributed by atoms with van der Waals surface area (Å²) in [4.78, 5) is 23.0. The van der Waals surface area contributed by atoms with E-state index in [1.54, 1.807) is 24.3 Å². The molecule has 0 aliphatic carbocycles. The van der Waals surface area contributed by atoms with Crippen LogP contribution in [-0.4, -0.2) is 29.9 Å². The van der Waals surface area contributed by atoms with E-state index in [0.29, 0.717) is 18.7 Å². The Kier molecular flexibility index (Phi) is 3.01. The number of carbonyl (C=O) groups is 2. The third kappa shape index (κ3) is 1.97. The number of rotatable bonds is 3. The fourth-order valence-electron chi connectivity index (χ4n) is 2.03. The molecule has 0 spiro atoms. The highest BCUT2D eigenvalue weighted by atomic mass is 16.4. The second kappa shape index (κ2) is 4.45. The van der Waals surface area contributed by atoms with Crippen molar-refractivity contribution in [3.8, 4) is 0 Å². The molecule has 16 heavy (non-hydrogen) atoms. The Morgan fingerprint density at radius 3 is 2.38 bits per heavy atom. The average Bonchev–Trinajstić information content (AvgIpc) is 2.78. The maximum atomic E-state index is 12.1. The van der Waals surface area contributed by atoms with Crippen LogP contribution in [0.3, 0.4) is 0 Å². The van der Waals surface area contributed by atoms with Gasteiger partial charge < -0.3 is 10.4 Å². The second-order valence-electron chi connectivity index (χ2n) is 3.94. The van der Waals surface area contributed by atoms with Crippen LogP contribution >= 0.6 is 0 Å². The number of carboxylic acids is 1. The number of benzene rings is 1. The molecule has 2 rings (SSSR count). The van der Waals surface area contributed by atoms with Crippen molar-refractivity contribution in [1.82, 2.24) is 5.32 Å². The van der Waals surface area contributed by atoms with Gasteiger partial charge in [0.05, 0.1) is 5.92 Å². The van der Waals surface area contributed by atoms with Gasteiger partial charge in [0.15, 0.2) is 5.78 Å². The Labute approximate surface area is 93.3 Å². The van der Waals surface area contributed by atoms with Crippen LogP contribution in [0.1, 0.15) is 10.4 Å². The van der Waals surface area contributed by atoms with Gasteiger partial charge >= 0.3 is 5.97 Å². The molecule has 0 amide bonds. The third-order valence-electron chi connectivity index (χ3n) is 2.93. The molecule has 1 aliphatic rings. The van der Waals surface area contributed by atoms with E-state index in [1.807, 2.05) is 6.07 Å². The molecule has 84 valence electrons. The lowest BCUT2D eigenvalue weighted by Crippen LogP contribution is -2.28. The number of carbonyl (C=O) groups excluding carboxylic acids is 1. The molecule has 2 N–H and O–H groups in total. The highest BCUT2D eigenvalue weighted by Crippen LogP contribution is 2.21. The standard InChI is InChI=1S/C12H13NO3/c14-11(8-4-2-1-3-5-8)9-6-13-7-10(9)12(15)16/h1-5,9-10,13H,6-7H2,(H,15,16)/t9-,10-/m1/s1. The van der Waals surface area contributed by atoms with E-state index in [2.05, 4.69) is 5.32 Å². The molecule has 0 aromatic heterocycles. The van der Waals surface area contributed by atoms with E-state index in [1.165, 1.54) is 0 Å². The minimum Gasteiger partial charge on any atom is -0.481 e. The van der Waals surface area contributed by atoms with Crippen LogP contribution in [0.5, 0.6) is 0 Å². The first-order chi connectivity index (χ1) is 7.70.